The van der Waals surface area contributed by atoms with Crippen molar-refractivity contribution in [1.82, 2.24) is 5.16 Å². The second-order valence-electron chi connectivity index (χ2n) is 6.28. The molecule has 0 atom stereocenters. The number of carbonyl (C=O) groups excluding carboxylic acids is 1. The van der Waals surface area contributed by atoms with Gasteiger partial charge in [0.15, 0.2) is 5.76 Å². The van der Waals surface area contributed by atoms with Gasteiger partial charge >= 0.3 is 6.09 Å². The zero-order valence-electron chi connectivity index (χ0n) is 15.9. The van der Waals surface area contributed by atoms with E-state index in [1.165, 1.54) is 6.21 Å². The van der Waals surface area contributed by atoms with E-state index in [9.17, 15) is 4.79 Å². The number of hydrogen-bond donors (Lipinski definition) is 1. The third kappa shape index (κ3) is 4.88. The average molecular weight is 433 g/mol. The summed E-state index contributed by atoms with van der Waals surface area (Å²) in [6.45, 7) is 1.65. The van der Waals surface area contributed by atoms with Gasteiger partial charge in [0.1, 0.15) is 11.4 Å². The van der Waals surface area contributed by atoms with Gasteiger partial charge in [0, 0.05) is 25.3 Å². The molecule has 0 fully saturated rings. The maximum absolute atomic E-state index is 12.2. The van der Waals surface area contributed by atoms with Crippen molar-refractivity contribution in [2.45, 2.75) is 6.92 Å². The van der Waals surface area contributed by atoms with Crippen LogP contribution < -0.4 is 10.2 Å². The molecule has 9 heteroatoms. The molecule has 1 heterocycles. The van der Waals surface area contributed by atoms with Gasteiger partial charge in [-0.05, 0) is 36.8 Å². The van der Waals surface area contributed by atoms with E-state index in [4.69, 9.17) is 32.6 Å². The summed E-state index contributed by atoms with van der Waals surface area (Å²) < 4.78 is 5.19. The Labute approximate surface area is 177 Å². The molecule has 1 N–H and O–H groups in total. The summed E-state index contributed by atoms with van der Waals surface area (Å²) in [5.41, 5.74) is 2.89. The van der Waals surface area contributed by atoms with E-state index in [0.29, 0.717) is 32.8 Å². The Bertz CT molecular complexity index is 1030. The number of halogens is 2. The Morgan fingerprint density at radius 2 is 1.83 bits per heavy atom. The normalized spacial score (nSPS) is 10.9. The first kappa shape index (κ1) is 20.7. The van der Waals surface area contributed by atoms with Crippen LogP contribution in [0.3, 0.4) is 0 Å². The van der Waals surface area contributed by atoms with Gasteiger partial charge in [0.2, 0.25) is 0 Å². The Balaban J connectivity index is 1.71. The van der Waals surface area contributed by atoms with Crippen molar-refractivity contribution in [3.63, 3.8) is 0 Å². The van der Waals surface area contributed by atoms with Crippen LogP contribution in [0.25, 0.3) is 11.3 Å². The summed E-state index contributed by atoms with van der Waals surface area (Å²) in [5, 5.41) is 11.0. The first-order chi connectivity index (χ1) is 13.9. The molecule has 0 unspecified atom stereocenters. The van der Waals surface area contributed by atoms with Crippen LogP contribution in [0.15, 0.2) is 52.1 Å². The van der Waals surface area contributed by atoms with Crippen LogP contribution in [0.1, 0.15) is 11.3 Å². The van der Waals surface area contributed by atoms with Crippen molar-refractivity contribution < 1.29 is 14.2 Å². The third-order valence-corrected chi connectivity index (χ3v) is 4.67. The van der Waals surface area contributed by atoms with Gasteiger partial charge in [-0.3, -0.25) is 10.2 Å². The predicted octanol–water partition coefficient (Wildman–Crippen LogP) is 5.61. The van der Waals surface area contributed by atoms with E-state index >= 15 is 0 Å². The lowest BCUT2D eigenvalue weighted by Gasteiger charge is -2.11. The number of aryl methyl sites for hydroxylation is 1. The van der Waals surface area contributed by atoms with E-state index in [2.05, 4.69) is 15.6 Å². The number of benzene rings is 2. The summed E-state index contributed by atoms with van der Waals surface area (Å²) in [5.74, 6) is 0.371. The molecular weight excluding hydrogens is 415 g/mol. The Hall–Kier alpha value is -3.03. The SMILES string of the molecule is Cc1onc(-c2c(Cl)cccc2Cl)c1NC(=O)O/N=C/c1ccc(N(C)C)cc1. The number of amides is 1. The molecule has 0 saturated heterocycles. The molecule has 0 aliphatic carbocycles. The lowest BCUT2D eigenvalue weighted by Crippen LogP contribution is -2.12. The largest absolute Gasteiger partial charge is 0.438 e. The number of oxime groups is 1. The van der Waals surface area contributed by atoms with Crippen LogP contribution in [0.5, 0.6) is 0 Å². The minimum absolute atomic E-state index is 0.301. The van der Waals surface area contributed by atoms with Gasteiger partial charge < -0.3 is 9.42 Å². The number of rotatable bonds is 5. The van der Waals surface area contributed by atoms with E-state index in [1.807, 2.05) is 43.3 Å². The molecular formula is C20H18Cl2N4O3. The number of aromatic nitrogens is 1. The monoisotopic (exact) mass is 432 g/mol. The summed E-state index contributed by atoms with van der Waals surface area (Å²) in [6.07, 6.45) is 0.632. The molecule has 2 aromatic carbocycles. The lowest BCUT2D eigenvalue weighted by molar-refractivity contribution is 0.167. The highest BCUT2D eigenvalue weighted by Crippen LogP contribution is 2.39. The van der Waals surface area contributed by atoms with Crippen LogP contribution in [-0.2, 0) is 4.84 Å². The molecule has 0 aliphatic heterocycles. The highest BCUT2D eigenvalue weighted by Gasteiger charge is 2.21. The maximum atomic E-state index is 12.2. The summed E-state index contributed by atoms with van der Waals surface area (Å²) in [7, 11) is 3.90. The molecule has 150 valence electrons. The van der Waals surface area contributed by atoms with Gasteiger partial charge in [-0.25, -0.2) is 4.79 Å². The highest BCUT2D eigenvalue weighted by molar-refractivity contribution is 6.39. The van der Waals surface area contributed by atoms with E-state index in [0.717, 1.165) is 11.3 Å². The van der Waals surface area contributed by atoms with Gasteiger partial charge in [-0.15, -0.1) is 0 Å². The fourth-order valence-corrected chi connectivity index (χ4v) is 3.11. The van der Waals surface area contributed by atoms with Gasteiger partial charge in [-0.2, -0.15) is 0 Å². The van der Waals surface area contributed by atoms with Crippen LogP contribution >= 0.6 is 23.2 Å². The predicted molar refractivity (Wildman–Crippen MR) is 115 cm³/mol. The first-order valence-electron chi connectivity index (χ1n) is 8.56. The minimum atomic E-state index is -0.804. The van der Waals surface area contributed by atoms with Gasteiger partial charge in [-0.1, -0.05) is 51.7 Å². The summed E-state index contributed by atoms with van der Waals surface area (Å²) >= 11 is 12.5. The molecule has 1 aromatic heterocycles. The summed E-state index contributed by atoms with van der Waals surface area (Å²) in [4.78, 5) is 19.0. The zero-order valence-corrected chi connectivity index (χ0v) is 17.5. The van der Waals surface area contributed by atoms with E-state index < -0.39 is 6.09 Å². The third-order valence-electron chi connectivity index (χ3n) is 4.04. The zero-order chi connectivity index (χ0) is 21.0. The first-order valence-corrected chi connectivity index (χ1v) is 9.32. The Kier molecular flexibility index (Phi) is 6.41. The quantitative estimate of drug-likeness (QED) is 0.322. The molecule has 0 saturated carbocycles. The van der Waals surface area contributed by atoms with Crippen LogP contribution in [0, 0.1) is 6.92 Å². The molecule has 3 aromatic rings. The average Bonchev–Trinajstić information content (AvgIpc) is 3.02. The second-order valence-corrected chi connectivity index (χ2v) is 7.10. The van der Waals surface area contributed by atoms with Crippen LogP contribution in [0.2, 0.25) is 10.0 Å². The number of hydrogen-bond acceptors (Lipinski definition) is 6. The van der Waals surface area contributed by atoms with Crippen molar-refractivity contribution in [2.24, 2.45) is 5.16 Å². The van der Waals surface area contributed by atoms with E-state index in [-0.39, 0.29) is 0 Å². The van der Waals surface area contributed by atoms with Crippen molar-refractivity contribution in [1.29, 1.82) is 0 Å². The van der Waals surface area contributed by atoms with E-state index in [1.54, 1.807) is 25.1 Å². The highest BCUT2D eigenvalue weighted by atomic mass is 35.5. The van der Waals surface area contributed by atoms with Crippen LogP contribution in [-0.4, -0.2) is 31.6 Å². The van der Waals surface area contributed by atoms with Crippen molar-refractivity contribution in [3.05, 3.63) is 63.8 Å². The minimum Gasteiger partial charge on any atom is -0.378 e. The lowest BCUT2D eigenvalue weighted by atomic mass is 10.1. The smallest absolute Gasteiger partial charge is 0.378 e. The second kappa shape index (κ2) is 8.98. The molecule has 7 nitrogen and oxygen atoms in total. The molecule has 1 amide bonds. The Morgan fingerprint density at radius 1 is 1.17 bits per heavy atom. The number of anilines is 2. The van der Waals surface area contributed by atoms with Crippen LogP contribution in [0.4, 0.5) is 16.2 Å². The number of carbonyl (C=O) groups is 1. The molecule has 3 rings (SSSR count). The topological polar surface area (TPSA) is 80.0 Å². The molecule has 0 spiro atoms. The van der Waals surface area contributed by atoms with Crippen molar-refractivity contribution >= 4 is 46.9 Å². The molecule has 29 heavy (non-hydrogen) atoms. The number of nitrogens with one attached hydrogen (secondary N) is 1. The molecule has 0 radical (unpaired) electrons. The van der Waals surface area contributed by atoms with Crippen molar-refractivity contribution in [3.8, 4) is 11.3 Å². The summed E-state index contributed by atoms with van der Waals surface area (Å²) in [6, 6.07) is 12.6. The molecule has 0 aliphatic rings. The van der Waals surface area contributed by atoms with Gasteiger partial charge in [0.05, 0.1) is 16.3 Å². The standard InChI is InChI=1S/C20H18Cl2N4O3/c1-12-18(19(25-28-12)17-15(21)5-4-6-16(17)22)24-20(27)29-23-11-13-7-9-14(10-8-13)26(2)3/h4-11H,1-3H3,(H,24,27)/b23-11+. The number of nitrogens with zero attached hydrogens (tertiary/aromatic N) is 3. The molecule has 0 bridgehead atoms. The maximum Gasteiger partial charge on any atom is 0.438 e. The Morgan fingerprint density at radius 3 is 2.45 bits per heavy atom. The fraction of sp³-hybridized carbons (Fsp3) is 0.150. The van der Waals surface area contributed by atoms with Crippen molar-refractivity contribution in [2.75, 3.05) is 24.3 Å². The van der Waals surface area contributed by atoms with Gasteiger partial charge in [0.25, 0.3) is 0 Å². The fourth-order valence-electron chi connectivity index (χ4n) is 2.53.